The molecule has 8 heteroatoms. The number of carbonyl (C=O) groups excluding carboxylic acids is 2. The van der Waals surface area contributed by atoms with Crippen LogP contribution >= 0.6 is 11.6 Å². The fourth-order valence-electron chi connectivity index (χ4n) is 4.58. The molecule has 0 bridgehead atoms. The highest BCUT2D eigenvalue weighted by Crippen LogP contribution is 2.50. The summed E-state index contributed by atoms with van der Waals surface area (Å²) in [5.41, 5.74) is 2.22. The first kappa shape index (κ1) is 26.0. The van der Waals surface area contributed by atoms with Crippen LogP contribution in [0.15, 0.2) is 35.1 Å². The van der Waals surface area contributed by atoms with Crippen molar-refractivity contribution in [1.29, 1.82) is 0 Å². The molecule has 2 fully saturated rings. The Labute approximate surface area is 207 Å². The van der Waals surface area contributed by atoms with Crippen molar-refractivity contribution < 1.29 is 14.3 Å². The summed E-state index contributed by atoms with van der Waals surface area (Å²) in [4.78, 5) is 26.6. The van der Waals surface area contributed by atoms with E-state index in [-0.39, 0.29) is 6.10 Å². The van der Waals surface area contributed by atoms with Crippen LogP contribution in [0.4, 0.5) is 0 Å². The number of benzene rings is 1. The first-order valence-corrected chi connectivity index (χ1v) is 12.0. The van der Waals surface area contributed by atoms with Gasteiger partial charge in [-0.25, -0.2) is 0 Å². The predicted octanol–water partition coefficient (Wildman–Crippen LogP) is 3.98. The zero-order chi connectivity index (χ0) is 24.7. The standard InChI is InChI=1S/C26H35ClN4O3/c1-20(16-32)8-10-28-30(4)11-5-12-31-18-26(19-31)14-21(15-26)34-25-7-6-24(27)23(17-33)22(25)9-13-29(2)3/h6-10,13,16-17,21H,5,11-12,14-15,18-19H2,1-4H3/b13-9-,20-8-,28-10-. The third-order valence-electron chi connectivity index (χ3n) is 6.33. The number of hydrazone groups is 1. The molecular weight excluding hydrogens is 452 g/mol. The second-order valence-electron chi connectivity index (χ2n) is 9.66. The van der Waals surface area contributed by atoms with Crippen LogP contribution in [-0.4, -0.2) is 87.0 Å². The van der Waals surface area contributed by atoms with Gasteiger partial charge < -0.3 is 19.5 Å². The molecule has 1 heterocycles. The van der Waals surface area contributed by atoms with Crippen LogP contribution in [0.1, 0.15) is 42.1 Å². The van der Waals surface area contributed by atoms with E-state index in [0.29, 0.717) is 27.3 Å². The Morgan fingerprint density at radius 3 is 2.62 bits per heavy atom. The van der Waals surface area contributed by atoms with Crippen LogP contribution in [0.3, 0.4) is 0 Å². The van der Waals surface area contributed by atoms with Crippen molar-refractivity contribution in [2.24, 2.45) is 10.5 Å². The highest BCUT2D eigenvalue weighted by atomic mass is 35.5. The van der Waals surface area contributed by atoms with Crippen molar-refractivity contribution >= 4 is 36.5 Å². The number of hydrogen-bond donors (Lipinski definition) is 0. The molecule has 2 aliphatic rings. The van der Waals surface area contributed by atoms with E-state index in [1.807, 2.05) is 49.4 Å². The molecule has 1 aliphatic carbocycles. The number of rotatable bonds is 12. The van der Waals surface area contributed by atoms with E-state index in [0.717, 1.165) is 63.6 Å². The summed E-state index contributed by atoms with van der Waals surface area (Å²) in [7, 11) is 5.81. The molecule has 0 unspecified atom stereocenters. The van der Waals surface area contributed by atoms with Gasteiger partial charge in [-0.2, -0.15) is 5.10 Å². The summed E-state index contributed by atoms with van der Waals surface area (Å²) < 4.78 is 6.30. The monoisotopic (exact) mass is 486 g/mol. The van der Waals surface area contributed by atoms with Crippen LogP contribution in [0.25, 0.3) is 6.08 Å². The van der Waals surface area contributed by atoms with Gasteiger partial charge in [-0.3, -0.25) is 9.59 Å². The SMILES string of the molecule is C/C(C=O)=C/C=N\N(C)CCCN1CC2(CC(Oc3ccc(Cl)c(C=O)c3/C=C\N(C)C)C2)C1. The van der Waals surface area contributed by atoms with E-state index in [1.165, 1.54) is 0 Å². The topological polar surface area (TPSA) is 65.5 Å². The second kappa shape index (κ2) is 11.7. The first-order valence-electron chi connectivity index (χ1n) is 11.6. The molecule has 1 aliphatic heterocycles. The molecule has 1 saturated carbocycles. The number of aldehydes is 2. The van der Waals surface area contributed by atoms with Crippen molar-refractivity contribution in [3.8, 4) is 5.75 Å². The third-order valence-corrected chi connectivity index (χ3v) is 6.66. The van der Waals surface area contributed by atoms with Gasteiger partial charge in [0.05, 0.1) is 11.1 Å². The number of hydrogen-bond acceptors (Lipinski definition) is 7. The number of allylic oxidation sites excluding steroid dienone is 2. The summed E-state index contributed by atoms with van der Waals surface area (Å²) in [5, 5.41) is 6.64. The normalized spacial score (nSPS) is 18.2. The smallest absolute Gasteiger partial charge is 0.152 e. The summed E-state index contributed by atoms with van der Waals surface area (Å²) in [6.07, 6.45) is 12.0. The highest BCUT2D eigenvalue weighted by Gasteiger charge is 2.53. The molecule has 0 amide bonds. The highest BCUT2D eigenvalue weighted by molar-refractivity contribution is 6.33. The number of nitrogens with zero attached hydrogens (tertiary/aromatic N) is 4. The molecule has 0 atom stereocenters. The lowest BCUT2D eigenvalue weighted by Crippen LogP contribution is -2.64. The van der Waals surface area contributed by atoms with Gasteiger partial charge in [-0.05, 0) is 68.8 Å². The summed E-state index contributed by atoms with van der Waals surface area (Å²) in [6, 6.07) is 3.59. The largest absolute Gasteiger partial charge is 0.490 e. The molecule has 1 spiro atoms. The summed E-state index contributed by atoms with van der Waals surface area (Å²) in [6.45, 7) is 5.89. The fourth-order valence-corrected chi connectivity index (χ4v) is 4.79. The van der Waals surface area contributed by atoms with Crippen molar-refractivity contribution in [2.45, 2.75) is 32.3 Å². The lowest BCUT2D eigenvalue weighted by Gasteiger charge is -2.58. The summed E-state index contributed by atoms with van der Waals surface area (Å²) in [5.74, 6) is 0.711. The molecule has 3 rings (SSSR count). The third kappa shape index (κ3) is 6.70. The molecule has 0 aromatic heterocycles. The number of halogens is 1. The lowest BCUT2D eigenvalue weighted by molar-refractivity contribution is -0.119. The molecule has 7 nitrogen and oxygen atoms in total. The Morgan fingerprint density at radius 1 is 1.24 bits per heavy atom. The average molecular weight is 487 g/mol. The minimum Gasteiger partial charge on any atom is -0.490 e. The fraction of sp³-hybridized carbons (Fsp3) is 0.500. The lowest BCUT2D eigenvalue weighted by atomic mass is 9.61. The van der Waals surface area contributed by atoms with Crippen LogP contribution in [0, 0.1) is 5.41 Å². The molecular formula is C26H35ClN4O3. The van der Waals surface area contributed by atoms with Crippen LogP contribution < -0.4 is 4.74 Å². The molecule has 1 aromatic rings. The van der Waals surface area contributed by atoms with E-state index in [2.05, 4.69) is 10.0 Å². The maximum absolute atomic E-state index is 11.6. The molecule has 1 saturated heterocycles. The Kier molecular flexibility index (Phi) is 8.91. The van der Waals surface area contributed by atoms with E-state index in [1.54, 1.807) is 25.3 Å². The zero-order valence-corrected chi connectivity index (χ0v) is 21.3. The van der Waals surface area contributed by atoms with Crippen molar-refractivity contribution in [3.63, 3.8) is 0 Å². The molecule has 34 heavy (non-hydrogen) atoms. The van der Waals surface area contributed by atoms with Gasteiger partial charge in [0.1, 0.15) is 12.0 Å². The molecule has 1 aromatic carbocycles. The number of likely N-dealkylation sites (tertiary alicyclic amines) is 1. The Bertz CT molecular complexity index is 959. The maximum Gasteiger partial charge on any atom is 0.152 e. The van der Waals surface area contributed by atoms with Crippen LogP contribution in [0.5, 0.6) is 5.75 Å². The Morgan fingerprint density at radius 2 is 1.97 bits per heavy atom. The van der Waals surface area contributed by atoms with Crippen molar-refractivity contribution in [3.05, 3.63) is 46.1 Å². The zero-order valence-electron chi connectivity index (χ0n) is 20.5. The van der Waals surface area contributed by atoms with Gasteiger partial charge in [0, 0.05) is 63.5 Å². The van der Waals surface area contributed by atoms with E-state index < -0.39 is 0 Å². The molecule has 0 radical (unpaired) electrons. The van der Waals surface area contributed by atoms with Crippen LogP contribution in [0.2, 0.25) is 5.02 Å². The van der Waals surface area contributed by atoms with Gasteiger partial charge >= 0.3 is 0 Å². The number of ether oxygens (including phenoxy) is 1. The first-order chi connectivity index (χ1) is 16.2. The number of carbonyl (C=O) groups is 2. The van der Waals surface area contributed by atoms with Crippen molar-refractivity contribution in [2.75, 3.05) is 47.3 Å². The van der Waals surface area contributed by atoms with E-state index >= 15 is 0 Å². The van der Waals surface area contributed by atoms with E-state index in [4.69, 9.17) is 16.3 Å². The average Bonchev–Trinajstić information content (AvgIpc) is 2.75. The second-order valence-corrected chi connectivity index (χ2v) is 10.1. The Balaban J connectivity index is 1.43. The Hall–Kier alpha value is -2.64. The minimum atomic E-state index is 0.165. The summed E-state index contributed by atoms with van der Waals surface area (Å²) >= 11 is 6.23. The maximum atomic E-state index is 11.6. The van der Waals surface area contributed by atoms with Crippen molar-refractivity contribution in [1.82, 2.24) is 14.8 Å². The van der Waals surface area contributed by atoms with Gasteiger partial charge in [0.15, 0.2) is 6.29 Å². The van der Waals surface area contributed by atoms with Crippen LogP contribution in [-0.2, 0) is 4.79 Å². The van der Waals surface area contributed by atoms with Gasteiger partial charge in [0.25, 0.3) is 0 Å². The van der Waals surface area contributed by atoms with Gasteiger partial charge in [-0.1, -0.05) is 11.6 Å². The minimum absolute atomic E-state index is 0.165. The van der Waals surface area contributed by atoms with Gasteiger partial charge in [-0.15, -0.1) is 0 Å². The molecule has 184 valence electrons. The quantitative estimate of drug-likeness (QED) is 0.193. The predicted molar refractivity (Wildman–Crippen MR) is 138 cm³/mol. The van der Waals surface area contributed by atoms with E-state index in [9.17, 15) is 9.59 Å². The van der Waals surface area contributed by atoms with Gasteiger partial charge in [0.2, 0.25) is 0 Å². The molecule has 0 N–H and O–H groups in total.